The second kappa shape index (κ2) is 9.79. The number of hydrogen-bond donors (Lipinski definition) is 1. The van der Waals surface area contributed by atoms with E-state index in [4.69, 9.17) is 4.74 Å². The minimum Gasteiger partial charge on any atom is -0.377 e. The molecule has 1 rings (SSSR count). The Morgan fingerprint density at radius 1 is 1.05 bits per heavy atom. The molecule has 21 heavy (non-hydrogen) atoms. The lowest BCUT2D eigenvalue weighted by atomic mass is 10.1. The molecule has 0 atom stereocenters. The van der Waals surface area contributed by atoms with E-state index < -0.39 is 12.6 Å². The van der Waals surface area contributed by atoms with Gasteiger partial charge < -0.3 is 10.1 Å². The number of alkyl halides is 3. The zero-order chi connectivity index (χ0) is 15.6. The van der Waals surface area contributed by atoms with Gasteiger partial charge in [-0.1, -0.05) is 31.2 Å². The molecule has 0 heterocycles. The fraction of sp³-hybridized carbons (Fsp3) is 0.625. The van der Waals surface area contributed by atoms with E-state index in [0.29, 0.717) is 6.61 Å². The van der Waals surface area contributed by atoms with Gasteiger partial charge in [-0.05, 0) is 43.5 Å². The maximum absolute atomic E-state index is 11.9. The van der Waals surface area contributed by atoms with E-state index in [-0.39, 0.29) is 13.0 Å². The lowest BCUT2D eigenvalue weighted by Gasteiger charge is -2.08. The first-order valence-corrected chi connectivity index (χ1v) is 7.44. The summed E-state index contributed by atoms with van der Waals surface area (Å²) in [5.74, 6) is 0. The lowest BCUT2D eigenvalue weighted by molar-refractivity contribution is -0.138. The van der Waals surface area contributed by atoms with Crippen molar-refractivity contribution in [2.24, 2.45) is 0 Å². The number of rotatable bonds is 10. The van der Waals surface area contributed by atoms with Crippen molar-refractivity contribution in [1.29, 1.82) is 0 Å². The molecule has 5 heteroatoms. The first-order chi connectivity index (χ1) is 10.0. The van der Waals surface area contributed by atoms with Crippen LogP contribution in [0.2, 0.25) is 0 Å². The summed E-state index contributed by atoms with van der Waals surface area (Å²) in [6, 6.07) is 8.03. The Morgan fingerprint density at radius 2 is 1.71 bits per heavy atom. The molecule has 0 radical (unpaired) electrons. The van der Waals surface area contributed by atoms with Crippen LogP contribution < -0.4 is 5.32 Å². The summed E-state index contributed by atoms with van der Waals surface area (Å²) in [6.45, 7) is 4.63. The average molecular weight is 303 g/mol. The van der Waals surface area contributed by atoms with Crippen LogP contribution in [-0.4, -0.2) is 25.9 Å². The highest BCUT2D eigenvalue weighted by Gasteiger charge is 2.25. The Bertz CT molecular complexity index is 376. The molecule has 120 valence electrons. The summed E-state index contributed by atoms with van der Waals surface area (Å²) in [4.78, 5) is 0. The van der Waals surface area contributed by atoms with Crippen molar-refractivity contribution in [2.45, 2.75) is 45.4 Å². The van der Waals surface area contributed by atoms with E-state index in [1.54, 1.807) is 0 Å². The van der Waals surface area contributed by atoms with E-state index in [2.05, 4.69) is 12.2 Å². The number of nitrogens with one attached hydrogen (secondary N) is 1. The predicted octanol–water partition coefficient (Wildman–Crippen LogP) is 4.09. The predicted molar refractivity (Wildman–Crippen MR) is 78.3 cm³/mol. The Hall–Kier alpha value is -1.07. The molecule has 0 bridgehead atoms. The molecule has 0 aliphatic heterocycles. The maximum atomic E-state index is 11.9. The van der Waals surface area contributed by atoms with Crippen molar-refractivity contribution in [2.75, 3.05) is 19.7 Å². The molecule has 1 N–H and O–H groups in total. The van der Waals surface area contributed by atoms with Gasteiger partial charge in [0.2, 0.25) is 0 Å². The number of benzene rings is 1. The van der Waals surface area contributed by atoms with Crippen LogP contribution in [0, 0.1) is 0 Å². The molecular formula is C16H24F3NO. The van der Waals surface area contributed by atoms with Crippen LogP contribution in [0.3, 0.4) is 0 Å². The Labute approximate surface area is 124 Å². The molecule has 0 fully saturated rings. The third kappa shape index (κ3) is 9.47. The van der Waals surface area contributed by atoms with Crippen molar-refractivity contribution >= 4 is 0 Å². The number of halogens is 3. The van der Waals surface area contributed by atoms with E-state index in [1.165, 1.54) is 5.56 Å². The topological polar surface area (TPSA) is 21.3 Å². The minimum atomic E-state index is -4.09. The molecule has 0 unspecified atom stereocenters. The maximum Gasteiger partial charge on any atom is 0.389 e. The van der Waals surface area contributed by atoms with Gasteiger partial charge in [0.05, 0.1) is 6.61 Å². The molecule has 0 amide bonds. The van der Waals surface area contributed by atoms with E-state index in [9.17, 15) is 13.2 Å². The third-order valence-electron chi connectivity index (χ3n) is 3.06. The lowest BCUT2D eigenvalue weighted by Crippen LogP contribution is -2.17. The molecule has 0 saturated carbocycles. The largest absolute Gasteiger partial charge is 0.389 e. The molecular weight excluding hydrogens is 279 g/mol. The van der Waals surface area contributed by atoms with Crippen molar-refractivity contribution in [3.8, 4) is 0 Å². The van der Waals surface area contributed by atoms with Crippen LogP contribution in [0.4, 0.5) is 13.2 Å². The quantitative estimate of drug-likeness (QED) is 0.657. The second-order valence-electron chi connectivity index (χ2n) is 5.09. The van der Waals surface area contributed by atoms with Gasteiger partial charge in [0.15, 0.2) is 0 Å². The van der Waals surface area contributed by atoms with E-state index in [1.807, 2.05) is 24.3 Å². The summed E-state index contributed by atoms with van der Waals surface area (Å²) in [7, 11) is 0. The van der Waals surface area contributed by atoms with Crippen LogP contribution in [0.25, 0.3) is 0 Å². The molecule has 0 spiro atoms. The Kier molecular flexibility index (Phi) is 8.38. The molecule has 1 aromatic rings. The van der Waals surface area contributed by atoms with E-state index >= 15 is 0 Å². The van der Waals surface area contributed by atoms with Gasteiger partial charge in [0, 0.05) is 13.0 Å². The SMILES string of the molecule is CCCNCCc1ccc(COCCCC(F)(F)F)cc1. The number of ether oxygens (including phenoxy) is 1. The van der Waals surface area contributed by atoms with Gasteiger partial charge >= 0.3 is 6.18 Å². The fourth-order valence-corrected chi connectivity index (χ4v) is 1.90. The first kappa shape index (κ1) is 18.0. The van der Waals surface area contributed by atoms with Gasteiger partial charge in [-0.3, -0.25) is 0 Å². The summed E-state index contributed by atoms with van der Waals surface area (Å²) >= 11 is 0. The van der Waals surface area contributed by atoms with Crippen molar-refractivity contribution in [3.05, 3.63) is 35.4 Å². The second-order valence-corrected chi connectivity index (χ2v) is 5.09. The van der Waals surface area contributed by atoms with Gasteiger partial charge in [-0.25, -0.2) is 0 Å². The Morgan fingerprint density at radius 3 is 2.33 bits per heavy atom. The zero-order valence-corrected chi connectivity index (χ0v) is 12.5. The normalized spacial score (nSPS) is 11.8. The molecule has 0 aliphatic carbocycles. The highest BCUT2D eigenvalue weighted by molar-refractivity contribution is 5.22. The monoisotopic (exact) mass is 303 g/mol. The summed E-state index contributed by atoms with van der Waals surface area (Å²) < 4.78 is 41.1. The third-order valence-corrected chi connectivity index (χ3v) is 3.06. The molecule has 1 aromatic carbocycles. The van der Waals surface area contributed by atoms with Crippen LogP contribution in [0.1, 0.15) is 37.3 Å². The summed E-state index contributed by atoms with van der Waals surface area (Å²) in [5, 5.41) is 3.34. The van der Waals surface area contributed by atoms with Crippen LogP contribution >= 0.6 is 0 Å². The summed E-state index contributed by atoms with van der Waals surface area (Å²) in [5.41, 5.74) is 2.24. The van der Waals surface area contributed by atoms with Crippen LogP contribution in [0.5, 0.6) is 0 Å². The van der Waals surface area contributed by atoms with Crippen molar-refractivity contribution in [3.63, 3.8) is 0 Å². The fourth-order valence-electron chi connectivity index (χ4n) is 1.90. The molecule has 0 aliphatic rings. The van der Waals surface area contributed by atoms with Gasteiger partial charge in [-0.15, -0.1) is 0 Å². The van der Waals surface area contributed by atoms with Crippen molar-refractivity contribution < 1.29 is 17.9 Å². The van der Waals surface area contributed by atoms with E-state index in [0.717, 1.165) is 31.5 Å². The molecule has 0 saturated heterocycles. The highest BCUT2D eigenvalue weighted by atomic mass is 19.4. The first-order valence-electron chi connectivity index (χ1n) is 7.44. The zero-order valence-electron chi connectivity index (χ0n) is 12.5. The number of hydrogen-bond acceptors (Lipinski definition) is 2. The Balaban J connectivity index is 2.16. The minimum absolute atomic E-state index is 0.0185. The molecule has 2 nitrogen and oxygen atoms in total. The van der Waals surface area contributed by atoms with Gasteiger partial charge in [0.25, 0.3) is 0 Å². The van der Waals surface area contributed by atoms with Gasteiger partial charge in [0.1, 0.15) is 0 Å². The van der Waals surface area contributed by atoms with Crippen LogP contribution in [-0.2, 0) is 17.8 Å². The smallest absolute Gasteiger partial charge is 0.377 e. The standard InChI is InChI=1S/C16H24F3NO/c1-2-10-20-11-8-14-4-6-15(7-5-14)13-21-12-3-9-16(17,18)19/h4-7,20H,2-3,8-13H2,1H3. The summed E-state index contributed by atoms with van der Waals surface area (Å²) in [6.07, 6.45) is -2.74. The average Bonchev–Trinajstić information content (AvgIpc) is 2.43. The highest BCUT2D eigenvalue weighted by Crippen LogP contribution is 2.21. The van der Waals surface area contributed by atoms with Crippen LogP contribution in [0.15, 0.2) is 24.3 Å². The van der Waals surface area contributed by atoms with Crippen molar-refractivity contribution in [1.82, 2.24) is 5.32 Å². The van der Waals surface area contributed by atoms with Gasteiger partial charge in [-0.2, -0.15) is 13.2 Å². The molecule has 0 aromatic heterocycles.